The van der Waals surface area contributed by atoms with Gasteiger partial charge in [0.2, 0.25) is 0 Å². The van der Waals surface area contributed by atoms with Crippen LogP contribution in [0.5, 0.6) is 0 Å². The van der Waals surface area contributed by atoms with Gasteiger partial charge in [-0.3, -0.25) is 19.2 Å². The number of allylic oxidation sites excluding steroid dienone is 4. The Kier molecular flexibility index (Phi) is 7.16. The lowest BCUT2D eigenvalue weighted by molar-refractivity contribution is -0.201. The first kappa shape index (κ1) is 31.3. The summed E-state index contributed by atoms with van der Waals surface area (Å²) in [5.74, 6) is -1.14. The van der Waals surface area contributed by atoms with E-state index < -0.39 is 47.3 Å². The smallest absolute Gasteiger partial charge is 0.258 e. The van der Waals surface area contributed by atoms with Gasteiger partial charge in [0.1, 0.15) is 6.61 Å². The Labute approximate surface area is 278 Å². The summed E-state index contributed by atoms with van der Waals surface area (Å²) < 4.78 is 13.3. The van der Waals surface area contributed by atoms with Crippen molar-refractivity contribution in [1.29, 1.82) is 0 Å². The van der Waals surface area contributed by atoms with Gasteiger partial charge in [-0.05, 0) is 79.4 Å². The fourth-order valence-electron chi connectivity index (χ4n) is 10.3. The highest BCUT2D eigenvalue weighted by Crippen LogP contribution is 2.70. The van der Waals surface area contributed by atoms with Crippen molar-refractivity contribution < 1.29 is 38.9 Å². The van der Waals surface area contributed by atoms with Crippen molar-refractivity contribution in [2.45, 2.75) is 70.1 Å². The zero-order valence-corrected chi connectivity index (χ0v) is 27.0. The van der Waals surface area contributed by atoms with Gasteiger partial charge in [0.15, 0.2) is 23.5 Å². The Balaban J connectivity index is 1.04. The second-order valence-corrected chi connectivity index (χ2v) is 14.8. The summed E-state index contributed by atoms with van der Waals surface area (Å²) in [4.78, 5) is 51.5. The largest absolute Gasteiger partial charge is 0.393 e. The van der Waals surface area contributed by atoms with Gasteiger partial charge in [-0.1, -0.05) is 61.9 Å². The van der Waals surface area contributed by atoms with Gasteiger partial charge in [-0.25, -0.2) is 4.90 Å². The SMILES string of the molecule is C[C@]12C=CC(=O)C=C1CC[C@@H]1[C@@H]2[C@@H](O)C[C@@]2(C)[C@H]1C[C@H]1O[C@@H](c3ccc(Cc4cccc(N5C(=O)C=CC5=O)c4)cc3)O[C@]12C(=O)CO. The van der Waals surface area contributed by atoms with Crippen LogP contribution in [0.25, 0.3) is 0 Å². The van der Waals surface area contributed by atoms with Crippen LogP contribution in [0.4, 0.5) is 5.69 Å². The maximum atomic E-state index is 13.8. The van der Waals surface area contributed by atoms with Crippen molar-refractivity contribution in [3.05, 3.63) is 101 Å². The van der Waals surface area contributed by atoms with Crippen molar-refractivity contribution in [2.75, 3.05) is 11.5 Å². The molecule has 0 radical (unpaired) electrons. The first-order chi connectivity index (χ1) is 23.0. The number of ether oxygens (including phenoxy) is 2. The standard InChI is InChI=1S/C39H39NO8/c1-37-15-14-27(42)18-25(37)10-11-28-29-19-32-39(31(44)21-41,38(29,2)20-30(43)35(28)37)48-36(47-32)24-8-6-22(7-9-24)16-23-4-3-5-26(17-23)40-33(45)12-13-34(40)46/h3-9,12-15,17-18,28-30,32,35-36,41,43H,10-11,16,19-21H2,1-2H3/t28-,29-,30-,32+,35+,36+,37-,38-,39+/m0/s1. The number of hydrogen-bond acceptors (Lipinski definition) is 8. The third-order valence-electron chi connectivity index (χ3n) is 12.4. The molecule has 4 fully saturated rings. The number of Topliss-reactive ketones (excluding diaryl/α,β-unsaturated/α-hetero) is 1. The molecule has 2 heterocycles. The number of benzene rings is 2. The number of amides is 2. The minimum absolute atomic E-state index is 0.0142. The predicted molar refractivity (Wildman–Crippen MR) is 174 cm³/mol. The first-order valence-electron chi connectivity index (χ1n) is 16.8. The molecular weight excluding hydrogens is 610 g/mol. The third-order valence-corrected chi connectivity index (χ3v) is 12.4. The van der Waals surface area contributed by atoms with E-state index in [4.69, 9.17) is 9.47 Å². The van der Waals surface area contributed by atoms with Crippen molar-refractivity contribution in [1.82, 2.24) is 0 Å². The molecule has 2 amide bonds. The van der Waals surface area contributed by atoms with E-state index in [2.05, 4.69) is 6.92 Å². The van der Waals surface area contributed by atoms with Crippen LogP contribution in [-0.4, -0.2) is 58.0 Å². The molecule has 2 aromatic carbocycles. The third kappa shape index (κ3) is 4.37. The van der Waals surface area contributed by atoms with E-state index in [9.17, 15) is 29.4 Å². The molecule has 0 bridgehead atoms. The van der Waals surface area contributed by atoms with E-state index in [0.29, 0.717) is 24.9 Å². The molecule has 6 aliphatic rings. The van der Waals surface area contributed by atoms with Crippen LogP contribution >= 0.6 is 0 Å². The molecule has 2 aliphatic heterocycles. The molecule has 0 spiro atoms. The molecule has 8 rings (SSSR count). The van der Waals surface area contributed by atoms with Crippen LogP contribution in [-0.2, 0) is 35.1 Å². The number of rotatable bonds is 6. The second kappa shape index (κ2) is 11.0. The van der Waals surface area contributed by atoms with Crippen molar-refractivity contribution in [2.24, 2.45) is 28.6 Å². The van der Waals surface area contributed by atoms with E-state index in [1.165, 1.54) is 12.2 Å². The van der Waals surface area contributed by atoms with E-state index in [1.807, 2.05) is 55.5 Å². The van der Waals surface area contributed by atoms with Crippen molar-refractivity contribution in [3.63, 3.8) is 0 Å². The average molecular weight is 650 g/mol. The summed E-state index contributed by atoms with van der Waals surface area (Å²) >= 11 is 0. The van der Waals surface area contributed by atoms with Crippen LogP contribution in [0.15, 0.2) is 84.5 Å². The Morgan fingerprint density at radius 3 is 2.48 bits per heavy atom. The Morgan fingerprint density at radius 1 is 1.00 bits per heavy atom. The van der Waals surface area contributed by atoms with Crippen molar-refractivity contribution >= 4 is 29.1 Å². The van der Waals surface area contributed by atoms with Gasteiger partial charge >= 0.3 is 0 Å². The molecule has 0 aromatic heterocycles. The summed E-state index contributed by atoms with van der Waals surface area (Å²) in [6.07, 6.45) is 8.74. The molecule has 9 heteroatoms. The number of carbonyl (C=O) groups excluding carboxylic acids is 4. The number of fused-ring (bicyclic) bond motifs is 7. The zero-order valence-electron chi connectivity index (χ0n) is 27.0. The Hall–Kier alpha value is -4.02. The summed E-state index contributed by atoms with van der Waals surface area (Å²) in [7, 11) is 0. The van der Waals surface area contributed by atoms with Gasteiger partial charge < -0.3 is 19.7 Å². The highest BCUT2D eigenvalue weighted by atomic mass is 16.7. The van der Waals surface area contributed by atoms with Crippen LogP contribution in [0.3, 0.4) is 0 Å². The van der Waals surface area contributed by atoms with E-state index in [-0.39, 0.29) is 35.4 Å². The molecule has 48 heavy (non-hydrogen) atoms. The molecule has 4 aliphatic carbocycles. The van der Waals surface area contributed by atoms with Gasteiger partial charge in [0.05, 0.1) is 17.9 Å². The molecule has 9 nitrogen and oxygen atoms in total. The number of aliphatic hydroxyl groups is 2. The minimum atomic E-state index is -1.41. The molecule has 2 N–H and O–H groups in total. The first-order valence-corrected chi connectivity index (χ1v) is 16.8. The topological polar surface area (TPSA) is 130 Å². The lowest BCUT2D eigenvalue weighted by Crippen LogP contribution is -2.63. The maximum Gasteiger partial charge on any atom is 0.258 e. The van der Waals surface area contributed by atoms with Crippen molar-refractivity contribution in [3.8, 4) is 0 Å². The number of nitrogens with zero attached hydrogens (tertiary/aromatic N) is 1. The zero-order chi connectivity index (χ0) is 33.6. The van der Waals surface area contributed by atoms with Gasteiger partial charge in [-0.15, -0.1) is 0 Å². The van der Waals surface area contributed by atoms with Gasteiger partial charge in [0.25, 0.3) is 11.8 Å². The van der Waals surface area contributed by atoms with Gasteiger partial charge in [0, 0.05) is 34.5 Å². The number of imide groups is 1. The number of hydrogen-bond donors (Lipinski definition) is 2. The molecule has 3 saturated carbocycles. The summed E-state index contributed by atoms with van der Waals surface area (Å²) in [6, 6.07) is 15.1. The fourth-order valence-corrected chi connectivity index (χ4v) is 10.3. The summed E-state index contributed by atoms with van der Waals surface area (Å²) in [6.45, 7) is 3.46. The highest BCUT2D eigenvalue weighted by Gasteiger charge is 2.75. The van der Waals surface area contributed by atoms with Crippen LogP contribution < -0.4 is 4.90 Å². The van der Waals surface area contributed by atoms with Crippen LogP contribution in [0.1, 0.15) is 62.5 Å². The normalized spacial score (nSPS) is 38.0. The molecule has 2 aromatic rings. The number of carbonyl (C=O) groups is 4. The molecule has 0 unspecified atom stereocenters. The molecular formula is C39H39NO8. The average Bonchev–Trinajstić information content (AvgIpc) is 3.70. The van der Waals surface area contributed by atoms with E-state index >= 15 is 0 Å². The van der Waals surface area contributed by atoms with Crippen LogP contribution in [0, 0.1) is 28.6 Å². The molecule has 1 saturated heterocycles. The Morgan fingerprint density at radius 2 is 1.75 bits per heavy atom. The fraction of sp³-hybridized carbons (Fsp3) is 0.436. The number of anilines is 1. The quantitative estimate of drug-likeness (QED) is 0.443. The predicted octanol–water partition coefficient (Wildman–Crippen LogP) is 4.31. The van der Waals surface area contributed by atoms with E-state index in [1.54, 1.807) is 18.2 Å². The molecule has 248 valence electrons. The van der Waals surface area contributed by atoms with Gasteiger partial charge in [-0.2, -0.15) is 0 Å². The summed E-state index contributed by atoms with van der Waals surface area (Å²) in [5, 5.41) is 22.1. The minimum Gasteiger partial charge on any atom is -0.393 e. The number of aliphatic hydroxyl groups excluding tert-OH is 2. The lowest BCUT2D eigenvalue weighted by Gasteiger charge is -2.59. The number of ketones is 2. The monoisotopic (exact) mass is 649 g/mol. The highest BCUT2D eigenvalue weighted by molar-refractivity contribution is 6.28. The van der Waals surface area contributed by atoms with E-state index in [0.717, 1.165) is 40.0 Å². The molecule has 9 atom stereocenters. The maximum absolute atomic E-state index is 13.8. The Bertz CT molecular complexity index is 1810. The van der Waals surface area contributed by atoms with Crippen LogP contribution in [0.2, 0.25) is 0 Å². The second-order valence-electron chi connectivity index (χ2n) is 14.8. The lowest BCUT2D eigenvalue weighted by atomic mass is 9.46. The summed E-state index contributed by atoms with van der Waals surface area (Å²) in [5.41, 5.74) is 1.67.